The van der Waals surface area contributed by atoms with Crippen molar-refractivity contribution in [1.82, 2.24) is 4.90 Å². The number of aliphatic hydroxyl groups is 1. The second kappa shape index (κ2) is 6.57. The third-order valence-corrected chi connectivity index (χ3v) is 3.75. The molecule has 1 aliphatic rings. The molecule has 1 saturated heterocycles. The number of carbonyl (C=O) groups excluding carboxylic acids is 1. The lowest BCUT2D eigenvalue weighted by Crippen LogP contribution is -2.29. The van der Waals surface area contributed by atoms with Crippen LogP contribution in [0.3, 0.4) is 0 Å². The summed E-state index contributed by atoms with van der Waals surface area (Å²) in [6.07, 6.45) is 3.10. The van der Waals surface area contributed by atoms with Gasteiger partial charge in [0.25, 0.3) is 0 Å². The molecule has 1 aromatic carbocycles. The van der Waals surface area contributed by atoms with E-state index in [1.54, 1.807) is 0 Å². The van der Waals surface area contributed by atoms with E-state index in [0.29, 0.717) is 12.3 Å². The zero-order valence-corrected chi connectivity index (χ0v) is 11.2. The smallest absolute Gasteiger partial charge is 0.222 e. The van der Waals surface area contributed by atoms with Gasteiger partial charge in [-0.3, -0.25) is 4.79 Å². The van der Waals surface area contributed by atoms with Crippen molar-refractivity contribution in [2.75, 3.05) is 25.4 Å². The van der Waals surface area contributed by atoms with Crippen molar-refractivity contribution >= 4 is 11.6 Å². The van der Waals surface area contributed by atoms with E-state index < -0.39 is 0 Å². The standard InChI is InChI=1S/C15H22N2O2/c16-14-3-1-2-12(10-14)4-5-15(19)17-8-6-13(11-17)7-9-18/h1-3,10,13,18H,4-9,11,16H2. The fraction of sp³-hybridized carbons (Fsp3) is 0.533. The minimum atomic E-state index is 0.211. The van der Waals surface area contributed by atoms with Crippen LogP contribution in [0.5, 0.6) is 0 Å². The Morgan fingerprint density at radius 2 is 2.32 bits per heavy atom. The van der Waals surface area contributed by atoms with Gasteiger partial charge in [-0.15, -0.1) is 0 Å². The first kappa shape index (κ1) is 13.9. The molecule has 0 aromatic heterocycles. The number of hydrogen-bond donors (Lipinski definition) is 2. The Morgan fingerprint density at radius 3 is 3.05 bits per heavy atom. The van der Waals surface area contributed by atoms with Crippen molar-refractivity contribution in [1.29, 1.82) is 0 Å². The molecular weight excluding hydrogens is 240 g/mol. The highest BCUT2D eigenvalue weighted by Crippen LogP contribution is 2.20. The molecule has 0 spiro atoms. The van der Waals surface area contributed by atoms with Crippen molar-refractivity contribution in [2.45, 2.75) is 25.7 Å². The van der Waals surface area contributed by atoms with E-state index in [1.807, 2.05) is 29.2 Å². The number of anilines is 1. The summed E-state index contributed by atoms with van der Waals surface area (Å²) in [4.78, 5) is 14.0. The molecule has 1 aliphatic heterocycles. The maximum absolute atomic E-state index is 12.1. The number of rotatable bonds is 5. The van der Waals surface area contributed by atoms with E-state index in [4.69, 9.17) is 10.8 Å². The van der Waals surface area contributed by atoms with Gasteiger partial charge in [0, 0.05) is 31.8 Å². The number of nitrogen functional groups attached to an aromatic ring is 1. The first-order valence-corrected chi connectivity index (χ1v) is 6.92. The second-order valence-corrected chi connectivity index (χ2v) is 5.25. The SMILES string of the molecule is Nc1cccc(CCC(=O)N2CCC(CCO)C2)c1. The summed E-state index contributed by atoms with van der Waals surface area (Å²) in [6.45, 7) is 1.85. The molecular formula is C15H22N2O2. The van der Waals surface area contributed by atoms with Crippen molar-refractivity contribution in [2.24, 2.45) is 5.92 Å². The van der Waals surface area contributed by atoms with Gasteiger partial charge in [0.05, 0.1) is 0 Å². The molecule has 1 aromatic rings. The van der Waals surface area contributed by atoms with E-state index >= 15 is 0 Å². The number of benzene rings is 1. The van der Waals surface area contributed by atoms with E-state index in [-0.39, 0.29) is 12.5 Å². The van der Waals surface area contributed by atoms with E-state index in [2.05, 4.69) is 0 Å². The summed E-state index contributed by atoms with van der Waals surface area (Å²) in [7, 11) is 0. The van der Waals surface area contributed by atoms with Gasteiger partial charge in [-0.1, -0.05) is 12.1 Å². The Hall–Kier alpha value is -1.55. The van der Waals surface area contributed by atoms with Gasteiger partial charge in [0.1, 0.15) is 0 Å². The largest absolute Gasteiger partial charge is 0.399 e. The third-order valence-electron chi connectivity index (χ3n) is 3.75. The molecule has 4 heteroatoms. The highest BCUT2D eigenvalue weighted by atomic mass is 16.3. The minimum Gasteiger partial charge on any atom is -0.399 e. The molecule has 104 valence electrons. The van der Waals surface area contributed by atoms with Crippen LogP contribution in [0.25, 0.3) is 0 Å². The Morgan fingerprint density at radius 1 is 1.47 bits per heavy atom. The fourth-order valence-electron chi connectivity index (χ4n) is 2.64. The van der Waals surface area contributed by atoms with Crippen LogP contribution in [0.2, 0.25) is 0 Å². The second-order valence-electron chi connectivity index (χ2n) is 5.25. The number of likely N-dealkylation sites (tertiary alicyclic amines) is 1. The Bertz CT molecular complexity index is 434. The molecule has 1 fully saturated rings. The Kier molecular flexibility index (Phi) is 4.80. The summed E-state index contributed by atoms with van der Waals surface area (Å²) in [5, 5.41) is 8.91. The average molecular weight is 262 g/mol. The molecule has 1 heterocycles. The van der Waals surface area contributed by atoms with Crippen LogP contribution < -0.4 is 5.73 Å². The van der Waals surface area contributed by atoms with Crippen LogP contribution >= 0.6 is 0 Å². The van der Waals surface area contributed by atoms with Gasteiger partial charge in [-0.2, -0.15) is 0 Å². The van der Waals surface area contributed by atoms with Crippen molar-refractivity contribution in [3.05, 3.63) is 29.8 Å². The molecule has 1 atom stereocenters. The number of aryl methyl sites for hydroxylation is 1. The predicted molar refractivity (Wildman–Crippen MR) is 75.6 cm³/mol. The highest BCUT2D eigenvalue weighted by Gasteiger charge is 2.25. The maximum atomic E-state index is 12.1. The number of nitrogens with two attached hydrogens (primary N) is 1. The quantitative estimate of drug-likeness (QED) is 0.789. The minimum absolute atomic E-state index is 0.211. The van der Waals surface area contributed by atoms with Crippen molar-refractivity contribution < 1.29 is 9.90 Å². The zero-order valence-electron chi connectivity index (χ0n) is 11.2. The average Bonchev–Trinajstić information content (AvgIpc) is 2.85. The van der Waals surface area contributed by atoms with Gasteiger partial charge in [-0.25, -0.2) is 0 Å². The fourth-order valence-corrected chi connectivity index (χ4v) is 2.64. The van der Waals surface area contributed by atoms with E-state index in [1.165, 1.54) is 0 Å². The molecule has 0 aliphatic carbocycles. The molecule has 1 unspecified atom stereocenters. The van der Waals surface area contributed by atoms with Gasteiger partial charge >= 0.3 is 0 Å². The number of hydrogen-bond acceptors (Lipinski definition) is 3. The van der Waals surface area contributed by atoms with Crippen LogP contribution in [0.15, 0.2) is 24.3 Å². The van der Waals surface area contributed by atoms with E-state index in [9.17, 15) is 4.79 Å². The molecule has 0 radical (unpaired) electrons. The van der Waals surface area contributed by atoms with Crippen molar-refractivity contribution in [3.63, 3.8) is 0 Å². The summed E-state index contributed by atoms with van der Waals surface area (Å²) in [5.41, 5.74) is 7.57. The number of amides is 1. The summed E-state index contributed by atoms with van der Waals surface area (Å²) in [5.74, 6) is 0.684. The van der Waals surface area contributed by atoms with Crippen LogP contribution in [0.1, 0.15) is 24.8 Å². The monoisotopic (exact) mass is 262 g/mol. The van der Waals surface area contributed by atoms with Gasteiger partial charge in [0.15, 0.2) is 0 Å². The lowest BCUT2D eigenvalue weighted by molar-refractivity contribution is -0.130. The van der Waals surface area contributed by atoms with Crippen LogP contribution in [-0.2, 0) is 11.2 Å². The Balaban J connectivity index is 1.79. The molecule has 0 bridgehead atoms. The predicted octanol–water partition coefficient (Wildman–Crippen LogP) is 1.43. The van der Waals surface area contributed by atoms with E-state index in [0.717, 1.165) is 43.6 Å². The lowest BCUT2D eigenvalue weighted by atomic mass is 10.1. The van der Waals surface area contributed by atoms with Crippen molar-refractivity contribution in [3.8, 4) is 0 Å². The molecule has 0 saturated carbocycles. The maximum Gasteiger partial charge on any atom is 0.222 e. The van der Waals surface area contributed by atoms with Crippen LogP contribution in [-0.4, -0.2) is 35.6 Å². The number of carbonyl (C=O) groups is 1. The number of aliphatic hydroxyl groups excluding tert-OH is 1. The third kappa shape index (κ3) is 3.96. The molecule has 4 nitrogen and oxygen atoms in total. The topological polar surface area (TPSA) is 66.6 Å². The molecule has 2 rings (SSSR count). The summed E-state index contributed by atoms with van der Waals surface area (Å²) in [6, 6.07) is 7.70. The zero-order chi connectivity index (χ0) is 13.7. The highest BCUT2D eigenvalue weighted by molar-refractivity contribution is 5.76. The first-order valence-electron chi connectivity index (χ1n) is 6.92. The number of nitrogens with zero attached hydrogens (tertiary/aromatic N) is 1. The first-order chi connectivity index (χ1) is 9.19. The Labute approximate surface area is 114 Å². The summed E-state index contributed by atoms with van der Waals surface area (Å²) >= 11 is 0. The van der Waals surface area contributed by atoms with Crippen LogP contribution in [0.4, 0.5) is 5.69 Å². The normalized spacial score (nSPS) is 18.8. The molecule has 3 N–H and O–H groups in total. The summed E-state index contributed by atoms with van der Waals surface area (Å²) < 4.78 is 0. The van der Waals surface area contributed by atoms with Crippen LogP contribution in [0, 0.1) is 5.92 Å². The van der Waals surface area contributed by atoms with Gasteiger partial charge in [0.2, 0.25) is 5.91 Å². The van der Waals surface area contributed by atoms with Gasteiger partial charge < -0.3 is 15.7 Å². The lowest BCUT2D eigenvalue weighted by Gasteiger charge is -2.16. The molecule has 19 heavy (non-hydrogen) atoms. The van der Waals surface area contributed by atoms with Gasteiger partial charge in [-0.05, 0) is 42.9 Å². The molecule has 1 amide bonds.